The molecular formula is C31H32N6O. The molecule has 0 aliphatic carbocycles. The van der Waals surface area contributed by atoms with Gasteiger partial charge in [-0.05, 0) is 64.2 Å². The lowest BCUT2D eigenvalue weighted by molar-refractivity contribution is 0.112. The molecule has 0 spiro atoms. The topological polar surface area (TPSA) is 75.9 Å². The van der Waals surface area contributed by atoms with Gasteiger partial charge in [-0.25, -0.2) is 15.0 Å². The lowest BCUT2D eigenvalue weighted by atomic mass is 9.89. The van der Waals surface area contributed by atoms with Crippen molar-refractivity contribution in [3.05, 3.63) is 77.1 Å². The van der Waals surface area contributed by atoms with E-state index in [0.29, 0.717) is 5.56 Å². The van der Waals surface area contributed by atoms with Gasteiger partial charge in [0.25, 0.3) is 0 Å². The van der Waals surface area contributed by atoms with Crippen LogP contribution >= 0.6 is 0 Å². The van der Waals surface area contributed by atoms with Gasteiger partial charge in [-0.3, -0.25) is 9.69 Å². The van der Waals surface area contributed by atoms with Crippen molar-refractivity contribution >= 4 is 17.3 Å². The lowest BCUT2D eigenvalue weighted by Gasteiger charge is -2.21. The number of aromatic nitrogens is 4. The summed E-state index contributed by atoms with van der Waals surface area (Å²) in [5.74, 6) is 8.16. The van der Waals surface area contributed by atoms with Gasteiger partial charge in [-0.15, -0.1) is 5.92 Å². The van der Waals surface area contributed by atoms with Gasteiger partial charge in [0.15, 0.2) is 0 Å². The van der Waals surface area contributed by atoms with Crippen molar-refractivity contribution in [3.8, 4) is 23.0 Å². The molecule has 2 aliphatic rings. The zero-order valence-electron chi connectivity index (χ0n) is 22.3. The van der Waals surface area contributed by atoms with Gasteiger partial charge in [-0.1, -0.05) is 31.0 Å². The molecule has 192 valence electrons. The van der Waals surface area contributed by atoms with Crippen LogP contribution in [0.3, 0.4) is 0 Å². The van der Waals surface area contributed by atoms with E-state index in [2.05, 4.69) is 65.8 Å². The Hall–Kier alpha value is -3.86. The van der Waals surface area contributed by atoms with Crippen LogP contribution in [0.25, 0.3) is 22.2 Å². The molecule has 6 rings (SSSR count). The number of rotatable bonds is 5. The van der Waals surface area contributed by atoms with Gasteiger partial charge in [0, 0.05) is 46.6 Å². The van der Waals surface area contributed by atoms with Crippen molar-refractivity contribution in [2.24, 2.45) is 0 Å². The molecule has 2 aromatic heterocycles. The summed E-state index contributed by atoms with van der Waals surface area (Å²) >= 11 is 0. The van der Waals surface area contributed by atoms with Crippen LogP contribution in [0, 0.1) is 11.8 Å². The van der Waals surface area contributed by atoms with Crippen molar-refractivity contribution in [2.45, 2.75) is 44.2 Å². The van der Waals surface area contributed by atoms with Crippen molar-refractivity contribution in [1.29, 1.82) is 0 Å². The Morgan fingerprint density at radius 1 is 1.16 bits per heavy atom. The standard InChI is InChI=1S/C31H32N6O/c1-5-7-20-8-6-9-22(18-38)28(20)26-15-27(36(3)4)29-35-24-11-10-21(14-25(24)37(26)29)23-16-33-30(34-17-23)31(2)12-13-32-19-31/h6,8-11,14,16-18,26-27,32H,12-13,15,19H2,1-4H3. The first kappa shape index (κ1) is 24.5. The predicted octanol–water partition coefficient (Wildman–Crippen LogP) is 4.52. The van der Waals surface area contributed by atoms with Crippen LogP contribution in [0.5, 0.6) is 0 Å². The average molecular weight is 505 g/mol. The van der Waals surface area contributed by atoms with Crippen LogP contribution in [0.2, 0.25) is 0 Å². The minimum absolute atomic E-state index is 0.0196. The minimum atomic E-state index is -0.0525. The van der Waals surface area contributed by atoms with Gasteiger partial charge in [-0.2, -0.15) is 0 Å². The molecule has 4 heterocycles. The molecule has 1 saturated heterocycles. The lowest BCUT2D eigenvalue weighted by Crippen LogP contribution is -2.27. The number of aldehydes is 1. The summed E-state index contributed by atoms with van der Waals surface area (Å²) in [4.78, 5) is 29.0. The molecule has 3 unspecified atom stereocenters. The van der Waals surface area contributed by atoms with Crippen molar-refractivity contribution < 1.29 is 4.79 Å². The second kappa shape index (κ2) is 9.46. The molecule has 4 aromatic rings. The highest BCUT2D eigenvalue weighted by atomic mass is 16.1. The summed E-state index contributed by atoms with van der Waals surface area (Å²) in [6.45, 7) is 5.95. The summed E-state index contributed by atoms with van der Waals surface area (Å²) in [7, 11) is 4.17. The minimum Gasteiger partial charge on any atom is -0.319 e. The van der Waals surface area contributed by atoms with Gasteiger partial charge >= 0.3 is 0 Å². The summed E-state index contributed by atoms with van der Waals surface area (Å²) in [5, 5.41) is 3.42. The summed E-state index contributed by atoms with van der Waals surface area (Å²) in [6.07, 6.45) is 6.68. The summed E-state index contributed by atoms with van der Waals surface area (Å²) in [5.41, 5.74) is 6.53. The van der Waals surface area contributed by atoms with Gasteiger partial charge in [0.1, 0.15) is 17.9 Å². The van der Waals surface area contributed by atoms with E-state index in [1.54, 1.807) is 0 Å². The number of imidazole rings is 1. The van der Waals surface area contributed by atoms with Gasteiger partial charge in [0.05, 0.1) is 23.1 Å². The predicted molar refractivity (Wildman–Crippen MR) is 149 cm³/mol. The summed E-state index contributed by atoms with van der Waals surface area (Å²) in [6, 6.07) is 12.2. The van der Waals surface area contributed by atoms with E-state index in [4.69, 9.17) is 15.0 Å². The first-order chi connectivity index (χ1) is 18.4. The maximum atomic E-state index is 12.2. The molecule has 38 heavy (non-hydrogen) atoms. The smallest absolute Gasteiger partial charge is 0.150 e. The Labute approximate surface area is 223 Å². The number of nitrogens with zero attached hydrogens (tertiary/aromatic N) is 5. The highest BCUT2D eigenvalue weighted by Crippen LogP contribution is 2.45. The van der Waals surface area contributed by atoms with Crippen LogP contribution in [-0.4, -0.2) is 57.9 Å². The Kier molecular flexibility index (Phi) is 6.10. The Morgan fingerprint density at radius 2 is 1.97 bits per heavy atom. The van der Waals surface area contributed by atoms with E-state index in [1.807, 2.05) is 37.5 Å². The van der Waals surface area contributed by atoms with Gasteiger partial charge < -0.3 is 9.88 Å². The normalized spacial score (nSPS) is 22.4. The van der Waals surface area contributed by atoms with E-state index >= 15 is 0 Å². The molecule has 3 atom stereocenters. The van der Waals surface area contributed by atoms with Crippen LogP contribution in [-0.2, 0) is 5.41 Å². The van der Waals surface area contributed by atoms with Gasteiger partial charge in [0.2, 0.25) is 0 Å². The van der Waals surface area contributed by atoms with Crippen molar-refractivity contribution in [2.75, 3.05) is 27.2 Å². The molecule has 0 saturated carbocycles. The number of hydrogen-bond acceptors (Lipinski definition) is 6. The van der Waals surface area contributed by atoms with Crippen LogP contribution in [0.1, 0.15) is 71.9 Å². The number of hydrogen-bond donors (Lipinski definition) is 1. The number of fused-ring (bicyclic) bond motifs is 3. The summed E-state index contributed by atoms with van der Waals surface area (Å²) < 4.78 is 2.31. The van der Waals surface area contributed by atoms with Crippen LogP contribution in [0.4, 0.5) is 0 Å². The van der Waals surface area contributed by atoms with Crippen LogP contribution < -0.4 is 5.32 Å². The fourth-order valence-electron chi connectivity index (χ4n) is 6.06. The SMILES string of the molecule is CC#Cc1cccc(C=O)c1C1CC(N(C)C)c2nc3ccc(-c4cnc(C5(C)CCNC5)nc4)cc3n21. The van der Waals surface area contributed by atoms with Crippen molar-refractivity contribution in [1.82, 2.24) is 29.7 Å². The molecule has 1 fully saturated rings. The molecular weight excluding hydrogens is 472 g/mol. The second-order valence-corrected chi connectivity index (χ2v) is 10.9. The Balaban J connectivity index is 1.48. The molecule has 0 radical (unpaired) electrons. The third kappa shape index (κ3) is 3.92. The van der Waals surface area contributed by atoms with Crippen LogP contribution in [0.15, 0.2) is 48.8 Å². The average Bonchev–Trinajstić information content (AvgIpc) is 3.63. The Bertz CT molecular complexity index is 1580. The maximum absolute atomic E-state index is 12.2. The Morgan fingerprint density at radius 3 is 2.66 bits per heavy atom. The molecule has 0 amide bonds. The molecule has 7 nitrogen and oxygen atoms in total. The zero-order valence-corrected chi connectivity index (χ0v) is 22.3. The van der Waals surface area contributed by atoms with E-state index in [-0.39, 0.29) is 17.5 Å². The monoisotopic (exact) mass is 504 g/mol. The first-order valence-corrected chi connectivity index (χ1v) is 13.2. The number of carbonyl (C=O) groups excluding carboxylic acids is 1. The fraction of sp³-hybridized carbons (Fsp3) is 0.355. The highest BCUT2D eigenvalue weighted by molar-refractivity contribution is 5.84. The van der Waals surface area contributed by atoms with E-state index < -0.39 is 0 Å². The van der Waals surface area contributed by atoms with E-state index in [0.717, 1.165) is 77.2 Å². The zero-order chi connectivity index (χ0) is 26.4. The third-order valence-corrected chi connectivity index (χ3v) is 8.15. The number of carbonyl (C=O) groups is 1. The fourth-order valence-corrected chi connectivity index (χ4v) is 6.06. The van der Waals surface area contributed by atoms with E-state index in [9.17, 15) is 4.79 Å². The van der Waals surface area contributed by atoms with Crippen molar-refractivity contribution in [3.63, 3.8) is 0 Å². The quantitative estimate of drug-likeness (QED) is 0.318. The number of nitrogens with one attached hydrogen (secondary N) is 1. The molecule has 2 aromatic carbocycles. The largest absolute Gasteiger partial charge is 0.319 e. The maximum Gasteiger partial charge on any atom is 0.150 e. The molecule has 2 aliphatic heterocycles. The molecule has 7 heteroatoms. The first-order valence-electron chi connectivity index (χ1n) is 13.2. The number of benzene rings is 2. The second-order valence-electron chi connectivity index (χ2n) is 10.9. The van der Waals surface area contributed by atoms with E-state index in [1.165, 1.54) is 0 Å². The third-order valence-electron chi connectivity index (χ3n) is 8.15. The highest BCUT2D eigenvalue weighted by Gasteiger charge is 2.38. The molecule has 0 bridgehead atoms. The molecule has 1 N–H and O–H groups in total.